The van der Waals surface area contributed by atoms with Crippen molar-refractivity contribution in [3.63, 3.8) is 0 Å². The first-order valence-electron chi connectivity index (χ1n) is 6.49. The first kappa shape index (κ1) is 15.9. The van der Waals surface area contributed by atoms with Crippen molar-refractivity contribution in [3.8, 4) is 11.4 Å². The normalized spacial score (nSPS) is 11.9. The third-order valence-corrected chi connectivity index (χ3v) is 3.12. The molecule has 0 bridgehead atoms. The molecule has 1 amide bonds. The summed E-state index contributed by atoms with van der Waals surface area (Å²) in [5.41, 5.74) is 0.732. The SMILES string of the molecule is CC(CNC(=O)Cn1nnc(-c2ccc(Cl)cc2)n1)C(=O)O. The number of aromatic nitrogens is 4. The molecule has 2 N–H and O–H groups in total. The number of carbonyl (C=O) groups excluding carboxylic acids is 1. The van der Waals surface area contributed by atoms with Crippen LogP contribution < -0.4 is 5.32 Å². The standard InChI is InChI=1S/C13H14ClN5O3/c1-8(13(21)22)6-15-11(20)7-19-17-12(16-18-19)9-2-4-10(14)5-3-9/h2-5,8H,6-7H2,1H3,(H,15,20)(H,21,22). The highest BCUT2D eigenvalue weighted by Crippen LogP contribution is 2.16. The molecule has 1 aromatic heterocycles. The largest absolute Gasteiger partial charge is 0.481 e. The summed E-state index contributed by atoms with van der Waals surface area (Å²) in [7, 11) is 0. The van der Waals surface area contributed by atoms with Crippen molar-refractivity contribution in [2.75, 3.05) is 6.54 Å². The molecule has 116 valence electrons. The Hall–Kier alpha value is -2.48. The zero-order chi connectivity index (χ0) is 16.1. The first-order valence-corrected chi connectivity index (χ1v) is 6.86. The summed E-state index contributed by atoms with van der Waals surface area (Å²) in [5, 5.41) is 23.6. The molecule has 0 aliphatic rings. The van der Waals surface area contributed by atoms with Gasteiger partial charge in [-0.15, -0.1) is 10.2 Å². The van der Waals surface area contributed by atoms with Crippen molar-refractivity contribution in [1.82, 2.24) is 25.5 Å². The average molecular weight is 324 g/mol. The second-order valence-corrected chi connectivity index (χ2v) is 5.13. The number of carbonyl (C=O) groups is 2. The molecule has 0 saturated heterocycles. The number of aliphatic carboxylic acids is 1. The van der Waals surface area contributed by atoms with Crippen molar-refractivity contribution in [3.05, 3.63) is 29.3 Å². The zero-order valence-electron chi connectivity index (χ0n) is 11.7. The van der Waals surface area contributed by atoms with Crippen LogP contribution in [-0.2, 0) is 16.1 Å². The zero-order valence-corrected chi connectivity index (χ0v) is 12.5. The van der Waals surface area contributed by atoms with E-state index in [1.807, 2.05) is 0 Å². The molecule has 8 nitrogen and oxygen atoms in total. The summed E-state index contributed by atoms with van der Waals surface area (Å²) in [5.74, 6) is -1.63. The van der Waals surface area contributed by atoms with E-state index in [0.29, 0.717) is 10.8 Å². The lowest BCUT2D eigenvalue weighted by Gasteiger charge is -2.07. The molecule has 0 aliphatic carbocycles. The van der Waals surface area contributed by atoms with E-state index in [-0.39, 0.29) is 19.0 Å². The molecular weight excluding hydrogens is 310 g/mol. The summed E-state index contributed by atoms with van der Waals surface area (Å²) in [4.78, 5) is 23.5. The number of benzene rings is 1. The van der Waals surface area contributed by atoms with Crippen molar-refractivity contribution < 1.29 is 14.7 Å². The molecule has 22 heavy (non-hydrogen) atoms. The van der Waals surface area contributed by atoms with E-state index in [0.717, 1.165) is 10.4 Å². The maximum Gasteiger partial charge on any atom is 0.308 e. The summed E-state index contributed by atoms with van der Waals surface area (Å²) in [6.07, 6.45) is 0. The lowest BCUT2D eigenvalue weighted by atomic mass is 10.2. The third-order valence-electron chi connectivity index (χ3n) is 2.87. The second-order valence-electron chi connectivity index (χ2n) is 4.69. The monoisotopic (exact) mass is 323 g/mol. The summed E-state index contributed by atoms with van der Waals surface area (Å²) in [6, 6.07) is 6.91. The Bertz CT molecular complexity index is 671. The quantitative estimate of drug-likeness (QED) is 0.814. The molecule has 0 aliphatic heterocycles. The van der Waals surface area contributed by atoms with E-state index < -0.39 is 11.9 Å². The van der Waals surface area contributed by atoms with Crippen LogP contribution in [0.1, 0.15) is 6.92 Å². The number of tetrazole rings is 1. The van der Waals surface area contributed by atoms with Gasteiger partial charge in [-0.3, -0.25) is 9.59 Å². The van der Waals surface area contributed by atoms with Gasteiger partial charge in [0.05, 0.1) is 5.92 Å². The average Bonchev–Trinajstić information content (AvgIpc) is 2.93. The second kappa shape index (κ2) is 6.99. The third kappa shape index (κ3) is 4.26. The van der Waals surface area contributed by atoms with E-state index in [1.165, 1.54) is 6.92 Å². The van der Waals surface area contributed by atoms with Crippen molar-refractivity contribution >= 4 is 23.5 Å². The summed E-state index contributed by atoms with van der Waals surface area (Å²) >= 11 is 5.80. The van der Waals surface area contributed by atoms with E-state index in [9.17, 15) is 9.59 Å². The maximum atomic E-state index is 11.7. The number of carboxylic acid groups (broad SMARTS) is 1. The predicted molar refractivity (Wildman–Crippen MR) is 78.1 cm³/mol. The highest BCUT2D eigenvalue weighted by atomic mass is 35.5. The number of carboxylic acids is 1. The van der Waals surface area contributed by atoms with Gasteiger partial charge in [0.25, 0.3) is 0 Å². The fourth-order valence-electron chi connectivity index (χ4n) is 1.56. The number of rotatable bonds is 6. The van der Waals surface area contributed by atoms with Gasteiger partial charge in [0.2, 0.25) is 11.7 Å². The lowest BCUT2D eigenvalue weighted by molar-refractivity contribution is -0.141. The number of nitrogens with one attached hydrogen (secondary N) is 1. The Labute approximate surface area is 131 Å². The van der Waals surface area contributed by atoms with Gasteiger partial charge in [0.1, 0.15) is 6.54 Å². The molecule has 0 radical (unpaired) electrons. The molecule has 2 rings (SSSR count). The van der Waals surface area contributed by atoms with E-state index in [2.05, 4.69) is 20.7 Å². The van der Waals surface area contributed by atoms with Gasteiger partial charge < -0.3 is 10.4 Å². The molecule has 9 heteroatoms. The lowest BCUT2D eigenvalue weighted by Crippen LogP contribution is -2.34. The van der Waals surface area contributed by atoms with Gasteiger partial charge in [0, 0.05) is 17.1 Å². The molecule has 1 atom stereocenters. The molecule has 2 aromatic rings. The molecule has 0 fully saturated rings. The molecule has 1 heterocycles. The van der Waals surface area contributed by atoms with E-state index in [4.69, 9.17) is 16.7 Å². The predicted octanol–water partition coefficient (Wildman–Crippen LogP) is 0.830. The molecular formula is C13H14ClN5O3. The highest BCUT2D eigenvalue weighted by molar-refractivity contribution is 6.30. The van der Waals surface area contributed by atoms with Crippen LogP contribution in [0.2, 0.25) is 5.02 Å². The van der Waals surface area contributed by atoms with Gasteiger partial charge in [-0.05, 0) is 29.5 Å². The Morgan fingerprint density at radius 3 is 2.68 bits per heavy atom. The number of hydrogen-bond donors (Lipinski definition) is 2. The van der Waals surface area contributed by atoms with Crippen LogP contribution in [0, 0.1) is 5.92 Å². The maximum absolute atomic E-state index is 11.7. The van der Waals surface area contributed by atoms with E-state index in [1.54, 1.807) is 24.3 Å². The van der Waals surface area contributed by atoms with Crippen LogP contribution in [0.25, 0.3) is 11.4 Å². The van der Waals surface area contributed by atoms with Crippen LogP contribution >= 0.6 is 11.6 Å². The summed E-state index contributed by atoms with van der Waals surface area (Å²) < 4.78 is 0. The van der Waals surface area contributed by atoms with Crippen LogP contribution in [0.4, 0.5) is 0 Å². The Balaban J connectivity index is 1.93. The van der Waals surface area contributed by atoms with Crippen molar-refractivity contribution in [2.45, 2.75) is 13.5 Å². The van der Waals surface area contributed by atoms with Crippen LogP contribution in [0.15, 0.2) is 24.3 Å². The minimum atomic E-state index is -0.968. The van der Waals surface area contributed by atoms with Gasteiger partial charge in [0.15, 0.2) is 0 Å². The number of nitrogens with zero attached hydrogens (tertiary/aromatic N) is 4. The Morgan fingerprint density at radius 1 is 1.36 bits per heavy atom. The molecule has 1 unspecified atom stereocenters. The van der Waals surface area contributed by atoms with Crippen molar-refractivity contribution in [2.24, 2.45) is 5.92 Å². The van der Waals surface area contributed by atoms with Crippen LogP contribution in [0.5, 0.6) is 0 Å². The van der Waals surface area contributed by atoms with Gasteiger partial charge in [-0.1, -0.05) is 18.5 Å². The smallest absolute Gasteiger partial charge is 0.308 e. The molecule has 0 spiro atoms. The molecule has 1 aromatic carbocycles. The minimum Gasteiger partial charge on any atom is -0.481 e. The van der Waals surface area contributed by atoms with Crippen molar-refractivity contribution in [1.29, 1.82) is 0 Å². The summed E-state index contributed by atoms with van der Waals surface area (Å²) in [6.45, 7) is 1.43. The fraction of sp³-hybridized carbons (Fsp3) is 0.308. The Kier molecular flexibility index (Phi) is 5.05. The first-order chi connectivity index (χ1) is 10.5. The van der Waals surface area contributed by atoms with Crippen LogP contribution in [0.3, 0.4) is 0 Å². The van der Waals surface area contributed by atoms with Gasteiger partial charge in [-0.25, -0.2) is 0 Å². The molecule has 0 saturated carbocycles. The number of amides is 1. The Morgan fingerprint density at radius 2 is 2.05 bits per heavy atom. The topological polar surface area (TPSA) is 110 Å². The number of hydrogen-bond acceptors (Lipinski definition) is 5. The minimum absolute atomic E-state index is 0.0485. The number of halogens is 1. The van der Waals surface area contributed by atoms with Crippen LogP contribution in [-0.4, -0.2) is 43.7 Å². The highest BCUT2D eigenvalue weighted by Gasteiger charge is 2.13. The van der Waals surface area contributed by atoms with Gasteiger partial charge in [-0.2, -0.15) is 4.80 Å². The van der Waals surface area contributed by atoms with Gasteiger partial charge >= 0.3 is 5.97 Å². The van der Waals surface area contributed by atoms with E-state index >= 15 is 0 Å². The fourth-order valence-corrected chi connectivity index (χ4v) is 1.69.